The minimum Gasteiger partial charge on any atom is -0.448 e. The SMILES string of the molecule is CN1CCC[C@H]1COC(=O)Nc1ccc(F)cc1-c1ccc(F)c(F)c1. The van der Waals surface area contributed by atoms with Crippen molar-refractivity contribution in [2.24, 2.45) is 0 Å². The lowest BCUT2D eigenvalue weighted by atomic mass is 10.0. The van der Waals surface area contributed by atoms with Crippen LogP contribution in [-0.2, 0) is 4.74 Å². The van der Waals surface area contributed by atoms with E-state index in [0.29, 0.717) is 0 Å². The molecule has 0 radical (unpaired) electrons. The average molecular weight is 364 g/mol. The molecular weight excluding hydrogens is 345 g/mol. The zero-order chi connectivity index (χ0) is 18.7. The number of likely N-dealkylation sites (tertiary alicyclic amines) is 1. The van der Waals surface area contributed by atoms with Crippen molar-refractivity contribution in [2.45, 2.75) is 18.9 Å². The van der Waals surface area contributed by atoms with Gasteiger partial charge < -0.3 is 9.64 Å². The molecule has 0 unspecified atom stereocenters. The van der Waals surface area contributed by atoms with Crippen LogP contribution >= 0.6 is 0 Å². The molecule has 1 N–H and O–H groups in total. The van der Waals surface area contributed by atoms with E-state index in [1.165, 1.54) is 18.2 Å². The molecule has 0 aliphatic carbocycles. The molecule has 1 heterocycles. The number of likely N-dealkylation sites (N-methyl/N-ethyl adjacent to an activating group) is 1. The van der Waals surface area contributed by atoms with Gasteiger partial charge in [-0.25, -0.2) is 18.0 Å². The van der Waals surface area contributed by atoms with E-state index in [-0.39, 0.29) is 29.5 Å². The molecule has 1 saturated heterocycles. The summed E-state index contributed by atoms with van der Waals surface area (Å²) < 4.78 is 45.5. The number of anilines is 1. The van der Waals surface area contributed by atoms with Crippen molar-refractivity contribution in [1.29, 1.82) is 0 Å². The molecule has 4 nitrogen and oxygen atoms in total. The maximum absolute atomic E-state index is 13.6. The van der Waals surface area contributed by atoms with E-state index in [1.807, 2.05) is 7.05 Å². The van der Waals surface area contributed by atoms with Gasteiger partial charge in [-0.2, -0.15) is 0 Å². The van der Waals surface area contributed by atoms with Crippen molar-refractivity contribution in [3.05, 3.63) is 53.8 Å². The van der Waals surface area contributed by atoms with Crippen LogP contribution in [0.15, 0.2) is 36.4 Å². The van der Waals surface area contributed by atoms with Crippen molar-refractivity contribution in [2.75, 3.05) is 25.5 Å². The Morgan fingerprint density at radius 3 is 2.69 bits per heavy atom. The summed E-state index contributed by atoms with van der Waals surface area (Å²) in [5.41, 5.74) is 0.732. The molecule has 0 bridgehead atoms. The summed E-state index contributed by atoms with van der Waals surface area (Å²) in [5, 5.41) is 2.55. The van der Waals surface area contributed by atoms with Crippen LogP contribution in [0.3, 0.4) is 0 Å². The fraction of sp³-hybridized carbons (Fsp3) is 0.316. The second kappa shape index (κ2) is 7.78. The van der Waals surface area contributed by atoms with Crippen molar-refractivity contribution in [3.63, 3.8) is 0 Å². The maximum Gasteiger partial charge on any atom is 0.411 e. The molecule has 3 rings (SSSR count). The third-order valence-electron chi connectivity index (χ3n) is 4.53. The number of halogens is 3. The fourth-order valence-electron chi connectivity index (χ4n) is 3.04. The molecular formula is C19H19F3N2O2. The maximum atomic E-state index is 13.6. The highest BCUT2D eigenvalue weighted by molar-refractivity contribution is 5.91. The number of hydrogen-bond acceptors (Lipinski definition) is 3. The lowest BCUT2D eigenvalue weighted by Crippen LogP contribution is -2.31. The zero-order valence-corrected chi connectivity index (χ0v) is 14.3. The predicted octanol–water partition coefficient (Wildman–Crippen LogP) is 4.41. The molecule has 0 spiro atoms. The van der Waals surface area contributed by atoms with E-state index in [4.69, 9.17) is 4.74 Å². The molecule has 26 heavy (non-hydrogen) atoms. The van der Waals surface area contributed by atoms with E-state index >= 15 is 0 Å². The summed E-state index contributed by atoms with van der Waals surface area (Å²) in [7, 11) is 1.97. The van der Waals surface area contributed by atoms with Crippen LogP contribution in [0.4, 0.5) is 23.7 Å². The van der Waals surface area contributed by atoms with Gasteiger partial charge in [-0.3, -0.25) is 5.32 Å². The fourth-order valence-corrected chi connectivity index (χ4v) is 3.04. The Bertz CT molecular complexity index is 813. The summed E-state index contributed by atoms with van der Waals surface area (Å²) >= 11 is 0. The topological polar surface area (TPSA) is 41.6 Å². The number of carbonyl (C=O) groups is 1. The van der Waals surface area contributed by atoms with Gasteiger partial charge in [0, 0.05) is 11.6 Å². The summed E-state index contributed by atoms with van der Waals surface area (Å²) in [4.78, 5) is 14.2. The quantitative estimate of drug-likeness (QED) is 0.874. The van der Waals surface area contributed by atoms with Gasteiger partial charge in [0.05, 0.1) is 5.69 Å². The van der Waals surface area contributed by atoms with Crippen LogP contribution in [0.2, 0.25) is 0 Å². The molecule has 1 atom stereocenters. The first-order valence-corrected chi connectivity index (χ1v) is 8.33. The largest absolute Gasteiger partial charge is 0.448 e. The van der Waals surface area contributed by atoms with Gasteiger partial charge in [0.25, 0.3) is 0 Å². The highest BCUT2D eigenvalue weighted by atomic mass is 19.2. The number of amides is 1. The normalized spacial score (nSPS) is 17.3. The predicted molar refractivity (Wildman–Crippen MR) is 92.4 cm³/mol. The number of nitrogens with one attached hydrogen (secondary N) is 1. The van der Waals surface area contributed by atoms with Gasteiger partial charge in [0.1, 0.15) is 12.4 Å². The Morgan fingerprint density at radius 2 is 2.00 bits per heavy atom. The van der Waals surface area contributed by atoms with E-state index in [0.717, 1.165) is 37.6 Å². The van der Waals surface area contributed by atoms with E-state index in [9.17, 15) is 18.0 Å². The summed E-state index contributed by atoms with van der Waals surface area (Å²) in [6.07, 6.45) is 1.34. The third kappa shape index (κ3) is 4.16. The Kier molecular flexibility index (Phi) is 5.46. The molecule has 7 heteroatoms. The van der Waals surface area contributed by atoms with Gasteiger partial charge in [0.15, 0.2) is 11.6 Å². The average Bonchev–Trinajstić information content (AvgIpc) is 3.02. The third-order valence-corrected chi connectivity index (χ3v) is 4.53. The monoisotopic (exact) mass is 364 g/mol. The molecule has 1 fully saturated rings. The Balaban J connectivity index is 1.75. The van der Waals surface area contributed by atoms with Crippen LogP contribution < -0.4 is 5.32 Å². The Morgan fingerprint density at radius 1 is 1.19 bits per heavy atom. The number of ether oxygens (including phenoxy) is 1. The number of nitrogens with zero attached hydrogens (tertiary/aromatic N) is 1. The van der Waals surface area contributed by atoms with Gasteiger partial charge >= 0.3 is 6.09 Å². The van der Waals surface area contributed by atoms with Crippen LogP contribution in [0, 0.1) is 17.5 Å². The van der Waals surface area contributed by atoms with Gasteiger partial charge in [-0.1, -0.05) is 6.07 Å². The lowest BCUT2D eigenvalue weighted by Gasteiger charge is -2.19. The molecule has 0 saturated carbocycles. The second-order valence-corrected chi connectivity index (χ2v) is 6.32. The van der Waals surface area contributed by atoms with E-state index in [2.05, 4.69) is 10.2 Å². The molecule has 1 aliphatic rings. The van der Waals surface area contributed by atoms with Crippen molar-refractivity contribution in [3.8, 4) is 11.1 Å². The summed E-state index contributed by atoms with van der Waals surface area (Å²) in [6.45, 7) is 1.22. The van der Waals surface area contributed by atoms with Crippen LogP contribution in [0.1, 0.15) is 12.8 Å². The highest BCUT2D eigenvalue weighted by Gasteiger charge is 2.22. The molecule has 1 amide bonds. The molecule has 1 aliphatic heterocycles. The summed E-state index contributed by atoms with van der Waals surface area (Å²) in [5.74, 6) is -2.61. The van der Waals surface area contributed by atoms with Crippen molar-refractivity contribution >= 4 is 11.8 Å². The van der Waals surface area contributed by atoms with Crippen LogP contribution in [-0.4, -0.2) is 37.2 Å². The first-order chi connectivity index (χ1) is 12.4. The van der Waals surface area contributed by atoms with Gasteiger partial charge in [-0.05, 0) is 62.3 Å². The number of carbonyl (C=O) groups excluding carboxylic acids is 1. The minimum absolute atomic E-state index is 0.180. The Hall–Kier alpha value is -2.54. The smallest absolute Gasteiger partial charge is 0.411 e. The number of hydrogen-bond donors (Lipinski definition) is 1. The van der Waals surface area contributed by atoms with Crippen molar-refractivity contribution in [1.82, 2.24) is 4.90 Å². The zero-order valence-electron chi connectivity index (χ0n) is 14.3. The van der Waals surface area contributed by atoms with Crippen molar-refractivity contribution < 1.29 is 22.7 Å². The van der Waals surface area contributed by atoms with Gasteiger partial charge in [0.2, 0.25) is 0 Å². The molecule has 138 valence electrons. The lowest BCUT2D eigenvalue weighted by molar-refractivity contribution is 0.127. The second-order valence-electron chi connectivity index (χ2n) is 6.32. The number of benzene rings is 2. The van der Waals surface area contributed by atoms with Crippen LogP contribution in [0.5, 0.6) is 0 Å². The first kappa shape index (κ1) is 18.3. The highest BCUT2D eigenvalue weighted by Crippen LogP contribution is 2.30. The Labute approximate surface area is 149 Å². The molecule has 0 aromatic heterocycles. The van der Waals surface area contributed by atoms with Crippen LogP contribution in [0.25, 0.3) is 11.1 Å². The van der Waals surface area contributed by atoms with E-state index < -0.39 is 23.5 Å². The number of rotatable bonds is 4. The van der Waals surface area contributed by atoms with Gasteiger partial charge in [-0.15, -0.1) is 0 Å². The molecule has 2 aromatic rings. The molecule has 2 aromatic carbocycles. The standard InChI is InChI=1S/C19H19F3N2O2/c1-24-8-2-3-14(24)11-26-19(25)23-18-7-5-13(20)10-15(18)12-4-6-16(21)17(22)9-12/h4-7,9-10,14H,2-3,8,11H2,1H3,(H,23,25)/t14-/m0/s1. The van der Waals surface area contributed by atoms with E-state index in [1.54, 1.807) is 0 Å². The summed E-state index contributed by atoms with van der Waals surface area (Å²) in [6, 6.07) is 7.07. The minimum atomic E-state index is -1.05. The first-order valence-electron chi connectivity index (χ1n) is 8.33.